The van der Waals surface area contributed by atoms with Gasteiger partial charge in [0.2, 0.25) is 0 Å². The van der Waals surface area contributed by atoms with Gasteiger partial charge in [0.15, 0.2) is 0 Å². The number of pyridine rings is 1. The largest absolute Gasteiger partial charge is 0.382 e. The second kappa shape index (κ2) is 7.39. The second-order valence-corrected chi connectivity index (χ2v) is 5.82. The van der Waals surface area contributed by atoms with Crippen LogP contribution in [0.4, 0.5) is 0 Å². The smallest absolute Gasteiger partial charge is 0.125 e. The molecular formula is C21H21NO2. The highest BCUT2D eigenvalue weighted by Gasteiger charge is 2.41. The molecule has 0 saturated carbocycles. The number of aliphatic hydroxyl groups is 1. The Morgan fingerprint density at radius 1 is 0.917 bits per heavy atom. The summed E-state index contributed by atoms with van der Waals surface area (Å²) in [5.74, 6) is -0.331. The Hall–Kier alpha value is -2.49. The Morgan fingerprint density at radius 3 is 2.12 bits per heavy atom. The van der Waals surface area contributed by atoms with Gasteiger partial charge in [-0.15, -0.1) is 0 Å². The first-order valence-electron chi connectivity index (χ1n) is 7.98. The van der Waals surface area contributed by atoms with Crippen molar-refractivity contribution in [3.05, 3.63) is 102 Å². The third kappa shape index (κ3) is 3.23. The molecule has 0 saturated heterocycles. The fraction of sp³-hybridized carbons (Fsp3) is 0.190. The van der Waals surface area contributed by atoms with E-state index in [4.69, 9.17) is 4.74 Å². The van der Waals surface area contributed by atoms with Gasteiger partial charge in [-0.3, -0.25) is 4.98 Å². The van der Waals surface area contributed by atoms with Crippen molar-refractivity contribution in [2.45, 2.75) is 11.5 Å². The molecule has 3 aromatic rings. The van der Waals surface area contributed by atoms with Crippen LogP contribution in [-0.2, 0) is 10.3 Å². The lowest BCUT2D eigenvalue weighted by molar-refractivity contribution is -0.0490. The van der Waals surface area contributed by atoms with Crippen LogP contribution >= 0.6 is 0 Å². The van der Waals surface area contributed by atoms with E-state index in [0.29, 0.717) is 0 Å². The molecule has 1 N–H and O–H groups in total. The number of aromatic nitrogens is 1. The summed E-state index contributed by atoms with van der Waals surface area (Å²) < 4.78 is 5.41. The van der Waals surface area contributed by atoms with E-state index in [-0.39, 0.29) is 12.5 Å². The Bertz CT molecular complexity index is 707. The first kappa shape index (κ1) is 16.4. The lowest BCUT2D eigenvalue weighted by Gasteiger charge is -2.36. The lowest BCUT2D eigenvalue weighted by atomic mass is 9.75. The van der Waals surface area contributed by atoms with E-state index < -0.39 is 5.60 Å². The highest BCUT2D eigenvalue weighted by atomic mass is 16.5. The topological polar surface area (TPSA) is 42.4 Å². The molecule has 3 nitrogen and oxygen atoms in total. The molecule has 2 aromatic carbocycles. The molecule has 0 amide bonds. The first-order chi connectivity index (χ1) is 11.8. The Balaban J connectivity index is 2.19. The van der Waals surface area contributed by atoms with Crippen molar-refractivity contribution in [3.63, 3.8) is 0 Å². The van der Waals surface area contributed by atoms with Crippen molar-refractivity contribution < 1.29 is 9.84 Å². The summed E-state index contributed by atoms with van der Waals surface area (Å²) >= 11 is 0. The minimum atomic E-state index is -1.22. The van der Waals surface area contributed by atoms with E-state index in [2.05, 4.69) is 4.98 Å². The van der Waals surface area contributed by atoms with Crippen molar-refractivity contribution in [1.29, 1.82) is 0 Å². The molecule has 3 heteroatoms. The molecule has 0 aliphatic heterocycles. The monoisotopic (exact) mass is 319 g/mol. The van der Waals surface area contributed by atoms with Crippen molar-refractivity contribution in [2.24, 2.45) is 0 Å². The summed E-state index contributed by atoms with van der Waals surface area (Å²) in [6.45, 7) is 0.174. The Kier molecular flexibility index (Phi) is 5.04. The molecule has 2 atom stereocenters. The van der Waals surface area contributed by atoms with E-state index >= 15 is 0 Å². The molecule has 0 aliphatic rings. The number of nitrogens with zero attached hydrogens (tertiary/aromatic N) is 1. The zero-order valence-corrected chi connectivity index (χ0v) is 13.7. The van der Waals surface area contributed by atoms with Crippen LogP contribution in [0.2, 0.25) is 0 Å². The molecule has 0 bridgehead atoms. The van der Waals surface area contributed by atoms with Crippen LogP contribution in [0.15, 0.2) is 85.1 Å². The molecule has 122 valence electrons. The van der Waals surface area contributed by atoms with Crippen LogP contribution in [0.1, 0.15) is 22.7 Å². The number of rotatable bonds is 6. The predicted molar refractivity (Wildman–Crippen MR) is 94.7 cm³/mol. The number of benzene rings is 2. The van der Waals surface area contributed by atoms with Crippen LogP contribution in [0.5, 0.6) is 0 Å². The third-order valence-corrected chi connectivity index (χ3v) is 4.23. The van der Waals surface area contributed by atoms with Crippen molar-refractivity contribution in [1.82, 2.24) is 4.98 Å². The van der Waals surface area contributed by atoms with E-state index in [1.54, 1.807) is 13.3 Å². The number of ether oxygens (including phenoxy) is 1. The van der Waals surface area contributed by atoms with Crippen LogP contribution in [-0.4, -0.2) is 23.8 Å². The molecule has 0 unspecified atom stereocenters. The number of hydrogen-bond acceptors (Lipinski definition) is 3. The molecule has 0 fully saturated rings. The van der Waals surface area contributed by atoms with Crippen molar-refractivity contribution in [2.75, 3.05) is 13.7 Å². The quantitative estimate of drug-likeness (QED) is 0.752. The zero-order chi connectivity index (χ0) is 16.8. The maximum Gasteiger partial charge on any atom is 0.125 e. The SMILES string of the molecule is COC[C@](O)(c1ccccc1)[C@@H](c1ccccc1)c1ccccn1. The molecule has 1 heterocycles. The number of methoxy groups -OCH3 is 1. The fourth-order valence-electron chi connectivity index (χ4n) is 3.16. The van der Waals surface area contributed by atoms with Crippen LogP contribution < -0.4 is 0 Å². The summed E-state index contributed by atoms with van der Waals surface area (Å²) in [4.78, 5) is 4.51. The fourth-order valence-corrected chi connectivity index (χ4v) is 3.16. The van der Waals surface area contributed by atoms with E-state index in [0.717, 1.165) is 16.8 Å². The van der Waals surface area contributed by atoms with Crippen LogP contribution in [0, 0.1) is 0 Å². The minimum Gasteiger partial charge on any atom is -0.382 e. The van der Waals surface area contributed by atoms with E-state index in [9.17, 15) is 5.11 Å². The second-order valence-electron chi connectivity index (χ2n) is 5.82. The van der Waals surface area contributed by atoms with Gasteiger partial charge in [0.05, 0.1) is 18.2 Å². The molecule has 0 aliphatic carbocycles. The Morgan fingerprint density at radius 2 is 1.54 bits per heavy atom. The maximum atomic E-state index is 11.7. The van der Waals surface area contributed by atoms with Gasteiger partial charge in [-0.05, 0) is 23.3 Å². The van der Waals surface area contributed by atoms with Crippen molar-refractivity contribution in [3.8, 4) is 0 Å². The van der Waals surface area contributed by atoms with E-state index in [1.165, 1.54) is 0 Å². The average Bonchev–Trinajstić information content (AvgIpc) is 2.65. The molecule has 0 radical (unpaired) electrons. The van der Waals surface area contributed by atoms with Gasteiger partial charge in [0, 0.05) is 13.3 Å². The lowest BCUT2D eigenvalue weighted by Crippen LogP contribution is -2.39. The van der Waals surface area contributed by atoms with Crippen molar-refractivity contribution >= 4 is 0 Å². The van der Waals surface area contributed by atoms with Gasteiger partial charge < -0.3 is 9.84 Å². The molecule has 0 spiro atoms. The summed E-state index contributed by atoms with van der Waals surface area (Å²) in [6, 6.07) is 25.4. The van der Waals surface area contributed by atoms with Gasteiger partial charge in [-0.1, -0.05) is 66.7 Å². The van der Waals surface area contributed by atoms with Crippen LogP contribution in [0.3, 0.4) is 0 Å². The highest BCUT2D eigenvalue weighted by Crippen LogP contribution is 2.41. The van der Waals surface area contributed by atoms with Gasteiger partial charge >= 0.3 is 0 Å². The minimum absolute atomic E-state index is 0.174. The maximum absolute atomic E-state index is 11.7. The molecule has 1 aromatic heterocycles. The average molecular weight is 319 g/mol. The predicted octanol–water partition coefficient (Wildman–Crippen LogP) is 3.75. The standard InChI is InChI=1S/C21H21NO2/c1-24-16-21(23,18-12-6-3-7-13-18)20(17-10-4-2-5-11-17)19-14-8-9-15-22-19/h2-15,20,23H,16H2,1H3/t20-,21-/m0/s1. The summed E-state index contributed by atoms with van der Waals surface area (Å²) in [5, 5.41) is 11.7. The van der Waals surface area contributed by atoms with Crippen LogP contribution in [0.25, 0.3) is 0 Å². The van der Waals surface area contributed by atoms with Gasteiger partial charge in [-0.2, -0.15) is 0 Å². The first-order valence-corrected chi connectivity index (χ1v) is 7.98. The molecule has 24 heavy (non-hydrogen) atoms. The molecule has 3 rings (SSSR count). The molecular weight excluding hydrogens is 298 g/mol. The van der Waals surface area contributed by atoms with Gasteiger partial charge in [-0.25, -0.2) is 0 Å². The van der Waals surface area contributed by atoms with Gasteiger partial charge in [0.1, 0.15) is 5.60 Å². The summed E-state index contributed by atoms with van der Waals surface area (Å²) in [5.41, 5.74) is 1.41. The van der Waals surface area contributed by atoms with E-state index in [1.807, 2.05) is 78.9 Å². The summed E-state index contributed by atoms with van der Waals surface area (Å²) in [6.07, 6.45) is 1.75. The normalized spacial score (nSPS) is 14.8. The highest BCUT2D eigenvalue weighted by molar-refractivity contribution is 5.38. The van der Waals surface area contributed by atoms with Gasteiger partial charge in [0.25, 0.3) is 0 Å². The Labute approximate surface area is 142 Å². The number of hydrogen-bond donors (Lipinski definition) is 1. The third-order valence-electron chi connectivity index (χ3n) is 4.23. The summed E-state index contributed by atoms with van der Waals surface area (Å²) in [7, 11) is 1.61. The zero-order valence-electron chi connectivity index (χ0n) is 13.7.